The number of carbonyl (C=O) groups excluding carboxylic acids is 1. The molecule has 0 aliphatic rings. The Morgan fingerprint density at radius 3 is 2.46 bits per heavy atom. The van der Waals surface area contributed by atoms with E-state index in [1.165, 1.54) is 25.6 Å². The van der Waals surface area contributed by atoms with Crippen LogP contribution in [0, 0.1) is 0 Å². The van der Waals surface area contributed by atoms with Crippen molar-refractivity contribution in [2.24, 2.45) is 0 Å². The minimum Gasteiger partial charge on any atom is -0.359 e. The van der Waals surface area contributed by atoms with Crippen LogP contribution >= 0.6 is 17.1 Å². The van der Waals surface area contributed by atoms with Crippen LogP contribution in [0.2, 0.25) is 0 Å². The third kappa shape index (κ3) is 5.65. The summed E-state index contributed by atoms with van der Waals surface area (Å²) in [5.74, 6) is 0.625. The lowest BCUT2D eigenvalue weighted by Gasteiger charge is -2.15. The molecule has 1 N–H and O–H groups in total. The van der Waals surface area contributed by atoms with Crippen LogP contribution in [0.4, 0.5) is 0 Å². The fraction of sp³-hybridized carbons (Fsp3) is 0.833. The summed E-state index contributed by atoms with van der Waals surface area (Å²) in [6.07, 6.45) is 0.437. The maximum absolute atomic E-state index is 10.8. The first-order chi connectivity index (χ1) is 6.08. The zero-order valence-corrected chi connectivity index (χ0v) is 10.4. The van der Waals surface area contributed by atoms with Crippen LogP contribution < -0.4 is 5.32 Å². The third-order valence-corrected chi connectivity index (χ3v) is 7.14. The number of carbonyl (C=O) groups is 1. The molecule has 0 aromatic carbocycles. The summed E-state index contributed by atoms with van der Waals surface area (Å²) >= 11 is 6.48. The molecule has 13 heavy (non-hydrogen) atoms. The number of hydrogen-bond acceptors (Lipinski definition) is 5. The van der Waals surface area contributed by atoms with Gasteiger partial charge in [0, 0.05) is 33.4 Å². The highest BCUT2D eigenvalue weighted by molar-refractivity contribution is 8.67. The summed E-state index contributed by atoms with van der Waals surface area (Å²) in [6.45, 7) is 0. The minimum absolute atomic E-state index is 0.00116. The van der Waals surface area contributed by atoms with E-state index in [1.54, 1.807) is 7.05 Å². The molecule has 0 fully saturated rings. The first kappa shape index (κ1) is 13.4. The molecule has 0 saturated heterocycles. The fourth-order valence-corrected chi connectivity index (χ4v) is 3.66. The quantitative estimate of drug-likeness (QED) is 0.714. The molecule has 0 unspecified atom stereocenters. The number of hydrogen-bond donors (Lipinski definition) is 1. The van der Waals surface area contributed by atoms with Gasteiger partial charge in [-0.25, -0.2) is 0 Å². The lowest BCUT2D eigenvalue weighted by Crippen LogP contribution is -2.17. The third-order valence-electron chi connectivity index (χ3n) is 1.30. The molecule has 0 rings (SSSR count). The molecule has 0 saturated carbocycles. The minimum atomic E-state index is -2.18. The van der Waals surface area contributed by atoms with Crippen LogP contribution in [-0.2, 0) is 25.6 Å². The number of rotatable bonds is 6. The molecule has 0 spiro atoms. The largest absolute Gasteiger partial charge is 0.359 e. The van der Waals surface area contributed by atoms with Gasteiger partial charge in [0.2, 0.25) is 11.6 Å². The van der Waals surface area contributed by atoms with Crippen LogP contribution in [-0.4, -0.2) is 32.9 Å². The van der Waals surface area contributed by atoms with E-state index in [1.807, 2.05) is 0 Å². The zero-order chi connectivity index (χ0) is 10.3. The molecule has 0 heterocycles. The smallest absolute Gasteiger partial charge is 0.246 e. The van der Waals surface area contributed by atoms with E-state index in [9.17, 15) is 4.79 Å². The van der Waals surface area contributed by atoms with E-state index in [4.69, 9.17) is 20.9 Å². The molecule has 0 radical (unpaired) electrons. The highest BCUT2D eigenvalue weighted by Gasteiger charge is 2.15. The van der Waals surface area contributed by atoms with Crippen LogP contribution in [0.3, 0.4) is 0 Å². The zero-order valence-electron chi connectivity index (χ0n) is 7.90. The molecule has 0 aromatic rings. The lowest BCUT2D eigenvalue weighted by molar-refractivity contribution is -0.120. The number of amides is 1. The van der Waals surface area contributed by atoms with E-state index in [-0.39, 0.29) is 5.91 Å². The monoisotopic (exact) mass is 243 g/mol. The summed E-state index contributed by atoms with van der Waals surface area (Å²) in [7, 11) is 4.66. The Balaban J connectivity index is 3.74. The maximum Gasteiger partial charge on any atom is 0.246 e. The van der Waals surface area contributed by atoms with Crippen molar-refractivity contribution in [2.75, 3.05) is 27.0 Å². The van der Waals surface area contributed by atoms with Gasteiger partial charge in [-0.3, -0.25) is 4.79 Å². The summed E-state index contributed by atoms with van der Waals surface area (Å²) in [5, 5.41) is 2.53. The van der Waals surface area contributed by atoms with Crippen molar-refractivity contribution in [1.82, 2.24) is 5.32 Å². The Labute approximate surface area is 87.7 Å². The van der Waals surface area contributed by atoms with Gasteiger partial charge in [-0.2, -0.15) is 0 Å². The van der Waals surface area contributed by atoms with Gasteiger partial charge in [-0.1, -0.05) is 11.4 Å². The first-order valence-electron chi connectivity index (χ1n) is 3.64. The molecule has 7 heteroatoms. The van der Waals surface area contributed by atoms with Gasteiger partial charge in [0.05, 0.1) is 0 Å². The lowest BCUT2D eigenvalue weighted by atomic mass is 10.5. The molecule has 0 aromatic heterocycles. The van der Waals surface area contributed by atoms with Gasteiger partial charge in [-0.15, -0.1) is 0 Å². The number of nitrogens with one attached hydrogen (secondary N) is 1. The summed E-state index contributed by atoms with van der Waals surface area (Å²) in [5.41, 5.74) is -2.18. The van der Waals surface area contributed by atoms with Crippen molar-refractivity contribution in [1.29, 1.82) is 0 Å². The van der Waals surface area contributed by atoms with Crippen LogP contribution in [0.1, 0.15) is 6.42 Å². The van der Waals surface area contributed by atoms with Gasteiger partial charge in [0.1, 0.15) is 0 Å². The Bertz CT molecular complexity index is 204. The Kier molecular flexibility index (Phi) is 6.99. The predicted octanol–water partition coefficient (Wildman–Crippen LogP) is 1.37. The van der Waals surface area contributed by atoms with Gasteiger partial charge >= 0.3 is 0 Å². The van der Waals surface area contributed by atoms with Crippen molar-refractivity contribution in [3.8, 4) is 0 Å². The van der Waals surface area contributed by atoms with Crippen molar-refractivity contribution in [2.45, 2.75) is 6.42 Å². The maximum atomic E-state index is 10.8. The van der Waals surface area contributed by atoms with Crippen molar-refractivity contribution >= 4 is 34.8 Å². The van der Waals surface area contributed by atoms with Crippen LogP contribution in [0.15, 0.2) is 0 Å². The van der Waals surface area contributed by atoms with E-state index in [0.29, 0.717) is 12.2 Å². The highest BCUT2D eigenvalue weighted by Crippen LogP contribution is 2.59. The van der Waals surface area contributed by atoms with Gasteiger partial charge in [-0.05, 0) is 11.8 Å². The van der Waals surface area contributed by atoms with Crippen LogP contribution in [0.25, 0.3) is 0 Å². The fourth-order valence-electron chi connectivity index (χ4n) is 0.555. The van der Waals surface area contributed by atoms with Crippen molar-refractivity contribution in [3.05, 3.63) is 0 Å². The topological polar surface area (TPSA) is 47.6 Å². The molecule has 0 bridgehead atoms. The van der Waals surface area contributed by atoms with Gasteiger partial charge in [0.25, 0.3) is 0 Å². The van der Waals surface area contributed by atoms with E-state index < -0.39 is 5.69 Å². The van der Waals surface area contributed by atoms with Crippen LogP contribution in [0.5, 0.6) is 0 Å². The molecule has 1 amide bonds. The SMILES string of the molecule is CNC(=O)CCSP(=S)(OC)OC. The second-order valence-electron chi connectivity index (χ2n) is 2.07. The summed E-state index contributed by atoms with van der Waals surface area (Å²) in [4.78, 5) is 10.8. The van der Waals surface area contributed by atoms with Crippen molar-refractivity contribution < 1.29 is 13.8 Å². The van der Waals surface area contributed by atoms with Crippen molar-refractivity contribution in [3.63, 3.8) is 0 Å². The van der Waals surface area contributed by atoms with E-state index in [2.05, 4.69) is 5.32 Å². The Morgan fingerprint density at radius 2 is 2.08 bits per heavy atom. The average molecular weight is 243 g/mol. The molecule has 4 nitrogen and oxygen atoms in total. The molecule has 0 aliphatic heterocycles. The second kappa shape index (κ2) is 6.79. The standard InChI is InChI=1S/C6H14NO3PS2/c1-7-6(8)4-5-13-11(12,9-2)10-3/h4-5H2,1-3H3,(H,7,8). The first-order valence-corrected chi connectivity index (χ1v) is 7.87. The molecule has 0 aliphatic carbocycles. The van der Waals surface area contributed by atoms with E-state index >= 15 is 0 Å². The summed E-state index contributed by atoms with van der Waals surface area (Å²) < 4.78 is 10.1. The molecular formula is C6H14NO3PS2. The normalized spacial score (nSPS) is 11.3. The Morgan fingerprint density at radius 1 is 1.54 bits per heavy atom. The van der Waals surface area contributed by atoms with Gasteiger partial charge < -0.3 is 14.4 Å². The highest BCUT2D eigenvalue weighted by atomic mass is 32.9. The Hall–Kier alpha value is 0.390. The summed E-state index contributed by atoms with van der Waals surface area (Å²) in [6, 6.07) is 0. The van der Waals surface area contributed by atoms with Gasteiger partial charge in [0.15, 0.2) is 0 Å². The predicted molar refractivity (Wildman–Crippen MR) is 59.4 cm³/mol. The molecule has 78 valence electrons. The molecule has 0 atom stereocenters. The molecular weight excluding hydrogens is 229 g/mol. The van der Waals surface area contributed by atoms with E-state index in [0.717, 1.165) is 0 Å². The average Bonchev–Trinajstić information content (AvgIpc) is 2.17. The second-order valence-corrected chi connectivity index (χ2v) is 8.71.